The van der Waals surface area contributed by atoms with Crippen molar-refractivity contribution in [2.75, 3.05) is 12.3 Å². The summed E-state index contributed by atoms with van der Waals surface area (Å²) < 4.78 is 0. The van der Waals surface area contributed by atoms with Crippen molar-refractivity contribution in [2.24, 2.45) is 23.3 Å². The average Bonchev–Trinajstić information content (AvgIpc) is 3.81. The van der Waals surface area contributed by atoms with Crippen molar-refractivity contribution < 1.29 is 63.0 Å². The summed E-state index contributed by atoms with van der Waals surface area (Å²) in [5.74, 6) is -11.5. The van der Waals surface area contributed by atoms with E-state index in [1.54, 1.807) is 44.2 Å². The van der Waals surface area contributed by atoms with Gasteiger partial charge in [0.15, 0.2) is 0 Å². The summed E-state index contributed by atoms with van der Waals surface area (Å²) in [6, 6.07) is -2.60. The molecule has 1 heterocycles. The highest BCUT2D eigenvalue weighted by atomic mass is 32.1. The first-order chi connectivity index (χ1) is 32.9. The van der Waals surface area contributed by atoms with E-state index in [0.717, 1.165) is 0 Å². The molecule has 0 unspecified atom stereocenters. The number of carboxylic acids is 2. The summed E-state index contributed by atoms with van der Waals surface area (Å²) >= 11 is 4.16. The molecule has 1 aromatic heterocycles. The Morgan fingerprint density at radius 2 is 1.16 bits per heavy atom. The standard InChI is InChI=1S/C44H66N12O13S/c1-22(2)15-29(52-37(61)24(5)45)38(62)48-19-34(58)50-27(11-13-33(46)57)39(63)54-31(17-26-18-47-21-49-26)42(66)51-28(12-14-35(59)60)40(64)53-30(16-25-9-7-6-8-10-25)41(65)55-32(20-70)43(67)56-36(23(3)4)44(68)69/h6-10,18,21-24,27-32,36,70H,11-17,19-20,45H2,1-5H3,(H2,46,57)(H,47,49)(H,48,62)(H,50,58)(H,51,66)(H,52,61)(H,53,64)(H,54,63)(H,55,65)(H,56,67)(H,59,60)(H,68,69)/t24-,27-,28-,29-,30-,31-,32-,36-/m0/s1. The first-order valence-corrected chi connectivity index (χ1v) is 23.0. The van der Waals surface area contributed by atoms with Crippen LogP contribution >= 0.6 is 12.6 Å². The number of thiol groups is 1. The Balaban J connectivity index is 2.41. The van der Waals surface area contributed by atoms with Gasteiger partial charge in [0, 0.05) is 43.3 Å². The van der Waals surface area contributed by atoms with E-state index in [1.165, 1.54) is 19.4 Å². The number of carbonyl (C=O) groups is 11. The molecule has 2 aromatic rings. The molecular formula is C44H66N12O13S. The number of hydrogen-bond donors (Lipinski definition) is 14. The Morgan fingerprint density at radius 1 is 0.643 bits per heavy atom. The van der Waals surface area contributed by atoms with Gasteiger partial charge in [-0.25, -0.2) is 9.78 Å². The molecule has 25 nitrogen and oxygen atoms in total. The number of aromatic nitrogens is 2. The number of nitrogens with two attached hydrogens (primary N) is 2. The van der Waals surface area contributed by atoms with Crippen LogP contribution in [0.25, 0.3) is 0 Å². The molecule has 15 N–H and O–H groups in total. The fourth-order valence-electron chi connectivity index (χ4n) is 6.57. The second-order valence-electron chi connectivity index (χ2n) is 17.2. The molecule has 70 heavy (non-hydrogen) atoms. The van der Waals surface area contributed by atoms with Crippen LogP contribution in [-0.2, 0) is 65.6 Å². The van der Waals surface area contributed by atoms with Crippen molar-refractivity contribution in [3.05, 3.63) is 54.1 Å². The van der Waals surface area contributed by atoms with Crippen LogP contribution in [0.5, 0.6) is 0 Å². The van der Waals surface area contributed by atoms with Gasteiger partial charge in [-0.15, -0.1) is 0 Å². The lowest BCUT2D eigenvalue weighted by Gasteiger charge is -2.27. The smallest absolute Gasteiger partial charge is 0.326 e. The topological polar surface area (TPSA) is 405 Å². The van der Waals surface area contributed by atoms with Crippen molar-refractivity contribution in [3.63, 3.8) is 0 Å². The fraction of sp³-hybridized carbons (Fsp3) is 0.545. The van der Waals surface area contributed by atoms with E-state index in [0.29, 0.717) is 11.3 Å². The largest absolute Gasteiger partial charge is 0.481 e. The molecule has 0 bridgehead atoms. The highest BCUT2D eigenvalue weighted by molar-refractivity contribution is 7.80. The van der Waals surface area contributed by atoms with Crippen LogP contribution < -0.4 is 54.0 Å². The van der Waals surface area contributed by atoms with Crippen molar-refractivity contribution in [1.29, 1.82) is 0 Å². The van der Waals surface area contributed by atoms with Gasteiger partial charge in [-0.2, -0.15) is 12.6 Å². The molecule has 2 rings (SSSR count). The quantitative estimate of drug-likeness (QED) is 0.0333. The number of nitrogens with zero attached hydrogens (tertiary/aromatic N) is 1. The van der Waals surface area contributed by atoms with Crippen LogP contribution in [0, 0.1) is 11.8 Å². The molecule has 0 aliphatic carbocycles. The minimum Gasteiger partial charge on any atom is -0.481 e. The number of hydrogen-bond acceptors (Lipinski definition) is 14. The van der Waals surface area contributed by atoms with E-state index >= 15 is 0 Å². The number of nitrogens with one attached hydrogen (secondary N) is 9. The van der Waals surface area contributed by atoms with Gasteiger partial charge in [-0.05, 0) is 43.6 Å². The molecule has 0 saturated heterocycles. The van der Waals surface area contributed by atoms with Gasteiger partial charge in [0.25, 0.3) is 0 Å². The molecule has 0 spiro atoms. The lowest BCUT2D eigenvalue weighted by atomic mass is 10.0. The minimum atomic E-state index is -1.67. The first kappa shape index (κ1) is 59.0. The number of primary amides is 1. The summed E-state index contributed by atoms with van der Waals surface area (Å²) in [4.78, 5) is 150. The maximum Gasteiger partial charge on any atom is 0.326 e. The van der Waals surface area contributed by atoms with E-state index in [4.69, 9.17) is 11.5 Å². The van der Waals surface area contributed by atoms with Gasteiger partial charge in [-0.1, -0.05) is 58.0 Å². The predicted octanol–water partition coefficient (Wildman–Crippen LogP) is -3.10. The van der Waals surface area contributed by atoms with Crippen LogP contribution in [0.4, 0.5) is 0 Å². The molecule has 0 aliphatic heterocycles. The van der Waals surface area contributed by atoms with Crippen molar-refractivity contribution in [3.8, 4) is 0 Å². The Morgan fingerprint density at radius 3 is 1.66 bits per heavy atom. The Kier molecular flexibility index (Phi) is 25.1. The maximum atomic E-state index is 14.2. The summed E-state index contributed by atoms with van der Waals surface area (Å²) in [6.45, 7) is 7.50. The van der Waals surface area contributed by atoms with E-state index in [1.807, 2.05) is 13.8 Å². The number of aliphatic carboxylic acids is 2. The number of carbonyl (C=O) groups excluding carboxylic acids is 9. The van der Waals surface area contributed by atoms with E-state index in [-0.39, 0.29) is 37.4 Å². The molecule has 1 aromatic carbocycles. The maximum absolute atomic E-state index is 14.2. The molecule has 0 saturated carbocycles. The van der Waals surface area contributed by atoms with Gasteiger partial charge >= 0.3 is 11.9 Å². The minimum absolute atomic E-state index is 0.0545. The summed E-state index contributed by atoms with van der Waals surface area (Å²) in [5.41, 5.74) is 11.8. The van der Waals surface area contributed by atoms with Gasteiger partial charge in [0.2, 0.25) is 53.2 Å². The van der Waals surface area contributed by atoms with Gasteiger partial charge in [0.05, 0.1) is 18.9 Å². The Labute approximate surface area is 409 Å². The third kappa shape index (κ3) is 21.5. The molecule has 0 fully saturated rings. The SMILES string of the molecule is CC(C)C[C@H](NC(=O)[C@H](C)N)C(=O)NCC(=O)N[C@@H](CCC(N)=O)C(=O)N[C@@H](Cc1cnc[nH]1)C(=O)N[C@@H](CCC(=O)O)C(=O)N[C@@H](Cc1ccccc1)C(=O)N[C@@H](CS)C(=O)N[C@H](C(=O)O)C(C)C. The third-order valence-corrected chi connectivity index (χ3v) is 10.7. The van der Waals surface area contributed by atoms with Crippen LogP contribution in [0.15, 0.2) is 42.9 Å². The van der Waals surface area contributed by atoms with Crippen LogP contribution in [0.1, 0.15) is 78.0 Å². The first-order valence-electron chi connectivity index (χ1n) is 22.4. The number of H-pyrrole nitrogens is 1. The molecule has 8 atom stereocenters. The van der Waals surface area contributed by atoms with Gasteiger partial charge in [0.1, 0.15) is 42.3 Å². The third-order valence-electron chi connectivity index (χ3n) is 10.4. The fourth-order valence-corrected chi connectivity index (χ4v) is 6.83. The summed E-state index contributed by atoms with van der Waals surface area (Å²) in [6.07, 6.45) is 0.337. The number of imidazole rings is 1. The van der Waals surface area contributed by atoms with Gasteiger partial charge < -0.3 is 69.2 Å². The normalized spacial score (nSPS) is 14.5. The van der Waals surface area contributed by atoms with E-state index in [2.05, 4.69) is 65.1 Å². The monoisotopic (exact) mass is 1000 g/mol. The van der Waals surface area contributed by atoms with Crippen LogP contribution in [0.3, 0.4) is 0 Å². The molecule has 0 radical (unpaired) electrons. The zero-order valence-corrected chi connectivity index (χ0v) is 40.5. The van der Waals surface area contributed by atoms with E-state index < -0.39 is 145 Å². The summed E-state index contributed by atoms with van der Waals surface area (Å²) in [5, 5.41) is 38.8. The number of benzene rings is 1. The van der Waals surface area contributed by atoms with Gasteiger partial charge in [-0.3, -0.25) is 47.9 Å². The molecule has 26 heteroatoms. The molecule has 386 valence electrons. The van der Waals surface area contributed by atoms with Crippen LogP contribution in [-0.4, -0.2) is 146 Å². The van der Waals surface area contributed by atoms with E-state index in [9.17, 15) is 63.0 Å². The second kappa shape index (κ2) is 29.7. The number of rotatable bonds is 31. The lowest BCUT2D eigenvalue weighted by Crippen LogP contribution is -2.60. The highest BCUT2D eigenvalue weighted by Crippen LogP contribution is 2.10. The Hall–Kier alpha value is -7.09. The van der Waals surface area contributed by atoms with Crippen molar-refractivity contribution in [2.45, 2.75) is 128 Å². The zero-order chi connectivity index (χ0) is 52.7. The molecular weight excluding hydrogens is 937 g/mol. The molecule has 9 amide bonds. The zero-order valence-electron chi connectivity index (χ0n) is 39.6. The second-order valence-corrected chi connectivity index (χ2v) is 17.6. The van der Waals surface area contributed by atoms with Crippen LogP contribution in [0.2, 0.25) is 0 Å². The average molecular weight is 1000 g/mol. The highest BCUT2D eigenvalue weighted by Gasteiger charge is 2.35. The number of carboxylic acid groups (broad SMARTS) is 2. The number of amides is 9. The Bertz CT molecular complexity index is 2130. The van der Waals surface area contributed by atoms with Crippen molar-refractivity contribution in [1.82, 2.24) is 52.5 Å². The predicted molar refractivity (Wildman–Crippen MR) is 254 cm³/mol. The number of aromatic amines is 1. The lowest BCUT2D eigenvalue weighted by molar-refractivity contribution is -0.143. The van der Waals surface area contributed by atoms with Crippen molar-refractivity contribution >= 4 is 77.7 Å². The summed E-state index contributed by atoms with van der Waals surface area (Å²) in [7, 11) is 0. The molecule has 0 aliphatic rings.